The molecule has 0 atom stereocenters. The van der Waals surface area contributed by atoms with Gasteiger partial charge in [-0.2, -0.15) is 0 Å². The largest absolute Gasteiger partial charge is 0.484 e. The SMILES string of the molecule is Cl.Fc1cc(-n2cnnn2)ccc1OCc1cccc(C2CCNCC2)n1. The van der Waals surface area contributed by atoms with Gasteiger partial charge in [0.25, 0.3) is 0 Å². The van der Waals surface area contributed by atoms with E-state index in [0.29, 0.717) is 11.6 Å². The summed E-state index contributed by atoms with van der Waals surface area (Å²) in [4.78, 5) is 4.69. The van der Waals surface area contributed by atoms with E-state index in [2.05, 4.69) is 26.9 Å². The molecule has 1 saturated heterocycles. The number of rotatable bonds is 5. The first-order valence-corrected chi connectivity index (χ1v) is 8.62. The highest BCUT2D eigenvalue weighted by Gasteiger charge is 2.16. The second-order valence-corrected chi connectivity index (χ2v) is 6.24. The number of benzene rings is 1. The molecule has 2 aromatic heterocycles. The molecule has 1 N–H and O–H groups in total. The van der Waals surface area contributed by atoms with Crippen LogP contribution in [0.4, 0.5) is 4.39 Å². The second-order valence-electron chi connectivity index (χ2n) is 6.24. The van der Waals surface area contributed by atoms with Gasteiger partial charge < -0.3 is 10.1 Å². The molecular weight excluding hydrogens is 371 g/mol. The van der Waals surface area contributed by atoms with E-state index in [1.807, 2.05) is 12.1 Å². The highest BCUT2D eigenvalue weighted by Crippen LogP contribution is 2.24. The van der Waals surface area contributed by atoms with Crippen molar-refractivity contribution in [1.82, 2.24) is 30.5 Å². The number of pyridine rings is 1. The molecule has 0 aliphatic carbocycles. The molecule has 0 amide bonds. The normalized spacial score (nSPS) is 14.6. The Morgan fingerprint density at radius 1 is 1.19 bits per heavy atom. The molecule has 0 radical (unpaired) electrons. The van der Waals surface area contributed by atoms with Crippen LogP contribution in [0.5, 0.6) is 5.75 Å². The molecule has 1 aromatic carbocycles. The number of tetrazole rings is 1. The summed E-state index contributed by atoms with van der Waals surface area (Å²) in [6, 6.07) is 10.6. The maximum atomic E-state index is 14.3. The van der Waals surface area contributed by atoms with Crippen molar-refractivity contribution in [2.24, 2.45) is 0 Å². The quantitative estimate of drug-likeness (QED) is 0.721. The molecule has 1 aliphatic heterocycles. The van der Waals surface area contributed by atoms with E-state index in [1.165, 1.54) is 17.1 Å². The van der Waals surface area contributed by atoms with Crippen molar-refractivity contribution in [3.8, 4) is 11.4 Å². The third kappa shape index (κ3) is 4.58. The third-order valence-corrected chi connectivity index (χ3v) is 4.49. The van der Waals surface area contributed by atoms with E-state index in [4.69, 9.17) is 9.72 Å². The van der Waals surface area contributed by atoms with Gasteiger partial charge >= 0.3 is 0 Å². The predicted octanol–water partition coefficient (Wildman–Crippen LogP) is 2.66. The van der Waals surface area contributed by atoms with Crippen molar-refractivity contribution in [1.29, 1.82) is 0 Å². The van der Waals surface area contributed by atoms with E-state index >= 15 is 0 Å². The Hall–Kier alpha value is -2.58. The standard InChI is InChI=1S/C18H19FN6O.ClH/c19-16-10-15(25-12-21-23-24-25)4-5-18(16)26-11-14-2-1-3-17(22-14)13-6-8-20-9-7-13;/h1-5,10,12-13,20H,6-9,11H2;1H. The fourth-order valence-electron chi connectivity index (χ4n) is 3.10. The van der Waals surface area contributed by atoms with Crippen molar-refractivity contribution in [3.63, 3.8) is 0 Å². The number of nitrogens with one attached hydrogen (secondary N) is 1. The Morgan fingerprint density at radius 2 is 2.04 bits per heavy atom. The van der Waals surface area contributed by atoms with Crippen LogP contribution in [-0.4, -0.2) is 38.3 Å². The molecule has 0 bridgehead atoms. The molecule has 9 heteroatoms. The van der Waals surface area contributed by atoms with Gasteiger partial charge in [-0.15, -0.1) is 17.5 Å². The Balaban J connectivity index is 0.00000210. The zero-order valence-corrected chi connectivity index (χ0v) is 15.4. The van der Waals surface area contributed by atoms with Gasteiger partial charge in [0.05, 0.1) is 11.4 Å². The molecule has 0 spiro atoms. The molecule has 27 heavy (non-hydrogen) atoms. The van der Waals surface area contributed by atoms with Crippen LogP contribution < -0.4 is 10.1 Å². The molecule has 1 fully saturated rings. The first-order chi connectivity index (χ1) is 12.8. The molecule has 142 valence electrons. The third-order valence-electron chi connectivity index (χ3n) is 4.49. The van der Waals surface area contributed by atoms with E-state index in [9.17, 15) is 4.39 Å². The van der Waals surface area contributed by atoms with Gasteiger partial charge in [-0.1, -0.05) is 6.07 Å². The Labute approximate surface area is 162 Å². The van der Waals surface area contributed by atoms with Crippen LogP contribution in [0.2, 0.25) is 0 Å². The van der Waals surface area contributed by atoms with Crippen LogP contribution in [-0.2, 0) is 6.61 Å². The number of nitrogens with zero attached hydrogens (tertiary/aromatic N) is 5. The average Bonchev–Trinajstić information content (AvgIpc) is 3.23. The van der Waals surface area contributed by atoms with Crippen molar-refractivity contribution < 1.29 is 9.13 Å². The van der Waals surface area contributed by atoms with Gasteiger partial charge in [-0.3, -0.25) is 4.98 Å². The molecule has 4 rings (SSSR count). The van der Waals surface area contributed by atoms with Gasteiger partial charge in [0.1, 0.15) is 12.9 Å². The topological polar surface area (TPSA) is 77.8 Å². The van der Waals surface area contributed by atoms with Crippen molar-refractivity contribution in [3.05, 3.63) is 59.9 Å². The van der Waals surface area contributed by atoms with E-state index in [-0.39, 0.29) is 24.8 Å². The first kappa shape index (κ1) is 19.2. The van der Waals surface area contributed by atoms with Crippen LogP contribution >= 0.6 is 12.4 Å². The molecule has 0 unspecified atom stereocenters. The number of halogens is 2. The zero-order valence-electron chi connectivity index (χ0n) is 14.6. The number of ether oxygens (including phenoxy) is 1. The van der Waals surface area contributed by atoms with Crippen molar-refractivity contribution in [2.45, 2.75) is 25.4 Å². The lowest BCUT2D eigenvalue weighted by molar-refractivity contribution is 0.285. The van der Waals surface area contributed by atoms with E-state index in [0.717, 1.165) is 37.3 Å². The summed E-state index contributed by atoms with van der Waals surface area (Å²) >= 11 is 0. The lowest BCUT2D eigenvalue weighted by atomic mass is 9.94. The fourth-order valence-corrected chi connectivity index (χ4v) is 3.10. The maximum absolute atomic E-state index is 14.3. The zero-order chi connectivity index (χ0) is 17.8. The lowest BCUT2D eigenvalue weighted by Crippen LogP contribution is -2.27. The van der Waals surface area contributed by atoms with Crippen LogP contribution in [0, 0.1) is 5.82 Å². The average molecular weight is 391 g/mol. The van der Waals surface area contributed by atoms with Crippen LogP contribution in [0.15, 0.2) is 42.7 Å². The molecule has 3 heterocycles. The molecule has 7 nitrogen and oxygen atoms in total. The van der Waals surface area contributed by atoms with Gasteiger partial charge in [-0.05, 0) is 60.6 Å². The molecule has 0 saturated carbocycles. The predicted molar refractivity (Wildman–Crippen MR) is 99.8 cm³/mol. The van der Waals surface area contributed by atoms with Gasteiger partial charge in [0.2, 0.25) is 0 Å². The van der Waals surface area contributed by atoms with Gasteiger partial charge in [0, 0.05) is 17.7 Å². The second kappa shape index (κ2) is 8.88. The van der Waals surface area contributed by atoms with Crippen molar-refractivity contribution in [2.75, 3.05) is 13.1 Å². The number of hydrogen-bond donors (Lipinski definition) is 1. The number of aromatic nitrogens is 5. The summed E-state index contributed by atoms with van der Waals surface area (Å²) < 4.78 is 21.3. The first-order valence-electron chi connectivity index (χ1n) is 8.62. The molecular formula is C18H20ClFN6O. The number of hydrogen-bond acceptors (Lipinski definition) is 6. The molecule has 1 aliphatic rings. The Bertz CT molecular complexity index is 870. The molecule has 3 aromatic rings. The minimum atomic E-state index is -0.465. The van der Waals surface area contributed by atoms with E-state index < -0.39 is 5.82 Å². The lowest BCUT2D eigenvalue weighted by Gasteiger charge is -2.22. The fraction of sp³-hybridized carbons (Fsp3) is 0.333. The highest BCUT2D eigenvalue weighted by atomic mass is 35.5. The van der Waals surface area contributed by atoms with Crippen LogP contribution in [0.1, 0.15) is 30.1 Å². The van der Waals surface area contributed by atoms with E-state index in [1.54, 1.807) is 12.1 Å². The summed E-state index contributed by atoms with van der Waals surface area (Å²) in [5.41, 5.74) is 2.41. The van der Waals surface area contributed by atoms with Crippen molar-refractivity contribution >= 4 is 12.4 Å². The smallest absolute Gasteiger partial charge is 0.167 e. The van der Waals surface area contributed by atoms with Crippen LogP contribution in [0.25, 0.3) is 5.69 Å². The van der Waals surface area contributed by atoms with Gasteiger partial charge in [0.15, 0.2) is 11.6 Å². The summed E-state index contributed by atoms with van der Waals surface area (Å²) in [5.74, 6) is 0.187. The minimum absolute atomic E-state index is 0. The number of piperidine rings is 1. The monoisotopic (exact) mass is 390 g/mol. The maximum Gasteiger partial charge on any atom is 0.167 e. The Morgan fingerprint density at radius 3 is 2.78 bits per heavy atom. The summed E-state index contributed by atoms with van der Waals surface area (Å²) in [6.45, 7) is 2.26. The summed E-state index contributed by atoms with van der Waals surface area (Å²) in [7, 11) is 0. The minimum Gasteiger partial charge on any atom is -0.484 e. The van der Waals surface area contributed by atoms with Crippen LogP contribution in [0.3, 0.4) is 0 Å². The summed E-state index contributed by atoms with van der Waals surface area (Å²) in [6.07, 6.45) is 3.58. The van der Waals surface area contributed by atoms with Gasteiger partial charge in [-0.25, -0.2) is 9.07 Å². The Kier molecular flexibility index (Phi) is 6.31. The highest BCUT2D eigenvalue weighted by molar-refractivity contribution is 5.85. The summed E-state index contributed by atoms with van der Waals surface area (Å²) in [5, 5.41) is 14.2.